The first-order chi connectivity index (χ1) is 14.5. The summed E-state index contributed by atoms with van der Waals surface area (Å²) in [6, 6.07) is 12.2. The molecule has 1 aliphatic rings. The molecule has 4 rings (SSSR count). The van der Waals surface area contributed by atoms with Crippen LogP contribution in [0.4, 0.5) is 22.0 Å². The van der Waals surface area contributed by atoms with Crippen molar-refractivity contribution in [3.8, 4) is 5.75 Å². The van der Waals surface area contributed by atoms with Gasteiger partial charge in [-0.2, -0.15) is 0 Å². The maximum atomic E-state index is 11.8. The highest BCUT2D eigenvalue weighted by molar-refractivity contribution is 5.94. The van der Waals surface area contributed by atoms with Crippen LogP contribution in [0, 0.1) is 6.92 Å². The molecule has 156 valence electrons. The van der Waals surface area contributed by atoms with E-state index in [1.54, 1.807) is 6.20 Å². The van der Waals surface area contributed by atoms with Crippen LogP contribution in [0.3, 0.4) is 0 Å². The van der Waals surface area contributed by atoms with Crippen LogP contribution in [0.5, 0.6) is 5.75 Å². The number of benzene rings is 2. The molecule has 0 unspecified atom stereocenters. The van der Waals surface area contributed by atoms with Crippen LogP contribution < -0.4 is 25.6 Å². The van der Waals surface area contributed by atoms with Crippen molar-refractivity contribution < 1.29 is 9.53 Å². The molecule has 0 saturated heterocycles. The van der Waals surface area contributed by atoms with Gasteiger partial charge in [0.1, 0.15) is 18.2 Å². The van der Waals surface area contributed by atoms with Gasteiger partial charge in [0.2, 0.25) is 0 Å². The normalized spacial score (nSPS) is 12.8. The molecule has 0 atom stereocenters. The highest BCUT2D eigenvalue weighted by atomic mass is 16.5. The lowest BCUT2D eigenvalue weighted by Crippen LogP contribution is -2.28. The van der Waals surface area contributed by atoms with E-state index in [-0.39, 0.29) is 6.03 Å². The van der Waals surface area contributed by atoms with E-state index in [9.17, 15) is 4.79 Å². The number of carbonyl (C=O) groups is 1. The number of fused-ring (bicyclic) bond motifs is 2. The van der Waals surface area contributed by atoms with Crippen LogP contribution in [-0.2, 0) is 6.54 Å². The number of likely N-dealkylation sites (N-methyl/N-ethyl adjacent to an activating group) is 1. The molecule has 0 saturated carbocycles. The van der Waals surface area contributed by atoms with Gasteiger partial charge in [-0.05, 0) is 60.7 Å². The first kappa shape index (κ1) is 19.8. The first-order valence-corrected chi connectivity index (χ1v) is 10.2. The lowest BCUT2D eigenvalue weighted by Gasteiger charge is -2.28. The minimum absolute atomic E-state index is 0.254. The predicted octanol–water partition coefficient (Wildman–Crippen LogP) is 4.13. The Bertz CT molecular complexity index is 1080. The number of aromatic nitrogens is 1. The van der Waals surface area contributed by atoms with Crippen molar-refractivity contribution in [1.82, 2.24) is 10.3 Å². The summed E-state index contributed by atoms with van der Waals surface area (Å²) in [5.41, 5.74) is 4.44. The summed E-state index contributed by atoms with van der Waals surface area (Å²) in [7, 11) is 2.08. The molecule has 0 spiro atoms. The summed E-state index contributed by atoms with van der Waals surface area (Å²) in [6.45, 7) is 6.82. The fourth-order valence-electron chi connectivity index (χ4n) is 3.65. The Hall–Kier alpha value is -3.48. The summed E-state index contributed by atoms with van der Waals surface area (Å²) >= 11 is 0. The number of nitrogens with one attached hydrogen (secondary N) is 3. The molecule has 0 aliphatic carbocycles. The van der Waals surface area contributed by atoms with Crippen molar-refractivity contribution in [2.45, 2.75) is 20.4 Å². The molecule has 0 bridgehead atoms. The van der Waals surface area contributed by atoms with Crippen LogP contribution >= 0.6 is 0 Å². The number of pyridine rings is 1. The van der Waals surface area contributed by atoms with Gasteiger partial charge in [-0.25, -0.2) is 9.78 Å². The molecule has 3 N–H and O–H groups in total. The molecule has 2 heterocycles. The number of aryl methyl sites for hydroxylation is 1. The van der Waals surface area contributed by atoms with E-state index >= 15 is 0 Å². The van der Waals surface area contributed by atoms with E-state index in [0.29, 0.717) is 25.5 Å². The Balaban J connectivity index is 1.52. The number of urea groups is 1. The van der Waals surface area contributed by atoms with Crippen molar-refractivity contribution >= 4 is 34.0 Å². The van der Waals surface area contributed by atoms with Crippen LogP contribution in [0.25, 0.3) is 10.8 Å². The smallest absolute Gasteiger partial charge is 0.320 e. The van der Waals surface area contributed by atoms with Gasteiger partial charge in [0, 0.05) is 37.4 Å². The van der Waals surface area contributed by atoms with Gasteiger partial charge < -0.3 is 20.3 Å². The maximum Gasteiger partial charge on any atom is 0.320 e. The third-order valence-corrected chi connectivity index (χ3v) is 5.24. The fourth-order valence-corrected chi connectivity index (χ4v) is 3.65. The molecule has 1 aromatic heterocycles. The van der Waals surface area contributed by atoms with Gasteiger partial charge in [-0.15, -0.1) is 0 Å². The summed E-state index contributed by atoms with van der Waals surface area (Å²) in [5, 5.41) is 11.1. The lowest BCUT2D eigenvalue weighted by molar-refractivity contribution is 0.252. The van der Waals surface area contributed by atoms with Crippen LogP contribution in [0.15, 0.2) is 42.6 Å². The van der Waals surface area contributed by atoms with E-state index in [0.717, 1.165) is 45.6 Å². The number of carbonyl (C=O) groups excluding carboxylic acids is 1. The highest BCUT2D eigenvalue weighted by Gasteiger charge is 2.15. The molecule has 1 aliphatic heterocycles. The minimum atomic E-state index is -0.254. The van der Waals surface area contributed by atoms with Gasteiger partial charge in [-0.1, -0.05) is 6.07 Å². The average molecular weight is 406 g/mol. The standard InChI is InChI=1S/C23H27N5O2/c1-4-24-23(29)27-22-12-17-11-18(9-15(2)19(17)14-26-22)25-13-16-5-6-20-21(10-16)30-8-7-28(20)3/h5-6,9-12,14,25H,4,7-8,13H2,1-3H3,(H2,24,26,27,29). The van der Waals surface area contributed by atoms with Crippen molar-refractivity contribution in [2.75, 3.05) is 42.3 Å². The van der Waals surface area contributed by atoms with E-state index in [4.69, 9.17) is 4.74 Å². The number of rotatable bonds is 5. The summed E-state index contributed by atoms with van der Waals surface area (Å²) in [4.78, 5) is 18.3. The van der Waals surface area contributed by atoms with Crippen molar-refractivity contribution in [1.29, 1.82) is 0 Å². The predicted molar refractivity (Wildman–Crippen MR) is 122 cm³/mol. The molecule has 2 aromatic carbocycles. The summed E-state index contributed by atoms with van der Waals surface area (Å²) in [6.07, 6.45) is 1.80. The topological polar surface area (TPSA) is 78.5 Å². The van der Waals surface area contributed by atoms with Gasteiger partial charge in [0.15, 0.2) is 0 Å². The molecule has 7 heteroatoms. The Labute approximate surface area is 176 Å². The second-order valence-electron chi connectivity index (χ2n) is 7.49. The second-order valence-corrected chi connectivity index (χ2v) is 7.49. The van der Waals surface area contributed by atoms with Gasteiger partial charge >= 0.3 is 6.03 Å². The Morgan fingerprint density at radius 2 is 2.10 bits per heavy atom. The number of hydrogen-bond acceptors (Lipinski definition) is 5. The Kier molecular flexibility index (Phi) is 5.61. The summed E-state index contributed by atoms with van der Waals surface area (Å²) in [5.74, 6) is 1.46. The van der Waals surface area contributed by atoms with Crippen molar-refractivity contribution in [3.63, 3.8) is 0 Å². The van der Waals surface area contributed by atoms with Crippen LogP contribution in [0.2, 0.25) is 0 Å². The fraction of sp³-hybridized carbons (Fsp3) is 0.304. The number of amides is 2. The molecule has 7 nitrogen and oxygen atoms in total. The lowest BCUT2D eigenvalue weighted by atomic mass is 10.1. The first-order valence-electron chi connectivity index (χ1n) is 10.2. The molecule has 2 amide bonds. The zero-order valence-corrected chi connectivity index (χ0v) is 17.6. The number of hydrogen-bond donors (Lipinski definition) is 3. The zero-order chi connectivity index (χ0) is 21.1. The molecular weight excluding hydrogens is 378 g/mol. The minimum Gasteiger partial charge on any atom is -0.490 e. The monoisotopic (exact) mass is 405 g/mol. The van der Waals surface area contributed by atoms with Crippen LogP contribution in [-0.4, -0.2) is 37.8 Å². The van der Waals surface area contributed by atoms with Gasteiger partial charge in [0.25, 0.3) is 0 Å². The van der Waals surface area contributed by atoms with Gasteiger partial charge in [0.05, 0.1) is 12.2 Å². The molecular formula is C23H27N5O2. The van der Waals surface area contributed by atoms with E-state index in [1.165, 1.54) is 0 Å². The molecule has 3 aromatic rings. The molecule has 0 radical (unpaired) electrons. The summed E-state index contributed by atoms with van der Waals surface area (Å²) < 4.78 is 5.81. The van der Waals surface area contributed by atoms with E-state index in [1.807, 2.05) is 13.0 Å². The molecule has 0 fully saturated rings. The second kappa shape index (κ2) is 8.49. The molecule has 30 heavy (non-hydrogen) atoms. The largest absolute Gasteiger partial charge is 0.490 e. The third kappa shape index (κ3) is 4.25. The maximum absolute atomic E-state index is 11.8. The average Bonchev–Trinajstić information content (AvgIpc) is 2.72. The van der Waals surface area contributed by atoms with Crippen molar-refractivity contribution in [3.05, 3.63) is 53.7 Å². The third-order valence-electron chi connectivity index (χ3n) is 5.24. The number of anilines is 3. The SMILES string of the molecule is CCNC(=O)Nc1cc2cc(NCc3ccc4c(c3)OCCN4C)cc(C)c2cn1. The Morgan fingerprint density at radius 1 is 1.23 bits per heavy atom. The van der Waals surface area contributed by atoms with Gasteiger partial charge in [-0.3, -0.25) is 5.32 Å². The number of ether oxygens (including phenoxy) is 1. The van der Waals surface area contributed by atoms with Crippen LogP contribution in [0.1, 0.15) is 18.1 Å². The quantitative estimate of drug-likeness (QED) is 0.595. The Morgan fingerprint density at radius 3 is 2.93 bits per heavy atom. The highest BCUT2D eigenvalue weighted by Crippen LogP contribution is 2.32. The van der Waals surface area contributed by atoms with E-state index < -0.39 is 0 Å². The number of nitrogens with zero attached hydrogens (tertiary/aromatic N) is 2. The van der Waals surface area contributed by atoms with Crippen molar-refractivity contribution in [2.24, 2.45) is 0 Å². The zero-order valence-electron chi connectivity index (χ0n) is 17.6. The van der Waals surface area contributed by atoms with E-state index in [2.05, 4.69) is 70.1 Å².